The van der Waals surface area contributed by atoms with Gasteiger partial charge in [-0.05, 0) is 31.9 Å². The van der Waals surface area contributed by atoms with Crippen molar-refractivity contribution in [1.29, 1.82) is 0 Å². The van der Waals surface area contributed by atoms with Crippen molar-refractivity contribution in [2.24, 2.45) is 5.92 Å². The fraction of sp³-hybridized carbons (Fsp3) is 0.471. The number of hydrogen-bond acceptors (Lipinski definition) is 7. The Morgan fingerprint density at radius 2 is 2.04 bits per heavy atom. The number of rotatable bonds is 9. The molecule has 0 fully saturated rings. The molecule has 1 aromatic carbocycles. The Kier molecular flexibility index (Phi) is 7.52. The van der Waals surface area contributed by atoms with Gasteiger partial charge in [-0.1, -0.05) is 49.1 Å². The summed E-state index contributed by atoms with van der Waals surface area (Å²) >= 11 is 2.83. The van der Waals surface area contributed by atoms with E-state index in [0.29, 0.717) is 24.2 Å². The number of thioether (sulfide) groups is 1. The van der Waals surface area contributed by atoms with Gasteiger partial charge in [-0.15, -0.1) is 10.2 Å². The number of carbonyl (C=O) groups excluding carboxylic acids is 1. The zero-order valence-electron chi connectivity index (χ0n) is 14.9. The Hall–Kier alpha value is -1.80. The lowest BCUT2D eigenvalue weighted by atomic mass is 10.2. The van der Waals surface area contributed by atoms with Gasteiger partial charge in [0.25, 0.3) is 0 Å². The van der Waals surface area contributed by atoms with Crippen molar-refractivity contribution >= 4 is 39.8 Å². The van der Waals surface area contributed by atoms with Gasteiger partial charge in [0.1, 0.15) is 5.75 Å². The van der Waals surface area contributed by atoms with Gasteiger partial charge >= 0.3 is 0 Å². The number of hydrogen-bond donors (Lipinski definition) is 2. The molecule has 1 heterocycles. The number of amides is 1. The summed E-state index contributed by atoms with van der Waals surface area (Å²) in [6, 6.07) is 7.70. The summed E-state index contributed by atoms with van der Waals surface area (Å²) in [5, 5.41) is 14.9. The number of carbonyl (C=O) groups is 1. The van der Waals surface area contributed by atoms with E-state index in [1.165, 1.54) is 23.1 Å². The van der Waals surface area contributed by atoms with Crippen LogP contribution in [0.15, 0.2) is 28.6 Å². The zero-order valence-corrected chi connectivity index (χ0v) is 16.5. The van der Waals surface area contributed by atoms with E-state index in [-0.39, 0.29) is 11.2 Å². The maximum atomic E-state index is 12.1. The normalized spacial score (nSPS) is 12.0. The predicted molar refractivity (Wildman–Crippen MR) is 104 cm³/mol. The van der Waals surface area contributed by atoms with Gasteiger partial charge in [0.05, 0.1) is 17.5 Å². The monoisotopic (exact) mass is 380 g/mol. The van der Waals surface area contributed by atoms with Crippen molar-refractivity contribution in [3.05, 3.63) is 24.3 Å². The van der Waals surface area contributed by atoms with Crippen LogP contribution in [0.5, 0.6) is 5.75 Å². The molecule has 0 spiro atoms. The highest BCUT2D eigenvalue weighted by molar-refractivity contribution is 8.02. The molecular weight excluding hydrogens is 356 g/mol. The third kappa shape index (κ3) is 6.21. The first-order valence-electron chi connectivity index (χ1n) is 8.26. The molecule has 136 valence electrons. The molecule has 25 heavy (non-hydrogen) atoms. The molecule has 0 aliphatic heterocycles. The highest BCUT2D eigenvalue weighted by atomic mass is 32.2. The van der Waals surface area contributed by atoms with Crippen LogP contribution in [0.2, 0.25) is 0 Å². The second-order valence-corrected chi connectivity index (χ2v) is 8.39. The van der Waals surface area contributed by atoms with Gasteiger partial charge in [0, 0.05) is 6.54 Å². The zero-order chi connectivity index (χ0) is 18.2. The van der Waals surface area contributed by atoms with Crippen LogP contribution >= 0.6 is 23.1 Å². The van der Waals surface area contributed by atoms with Crippen molar-refractivity contribution in [3.8, 4) is 5.75 Å². The second-order valence-electron chi connectivity index (χ2n) is 5.83. The Bertz CT molecular complexity index is 691. The summed E-state index contributed by atoms with van der Waals surface area (Å²) in [6.07, 6.45) is 0. The minimum Gasteiger partial charge on any atom is -0.492 e. The molecule has 2 rings (SSSR count). The lowest BCUT2D eigenvalue weighted by Gasteiger charge is -2.11. The number of benzene rings is 1. The minimum absolute atomic E-state index is 0.0186. The van der Waals surface area contributed by atoms with E-state index >= 15 is 0 Å². The van der Waals surface area contributed by atoms with Crippen molar-refractivity contribution in [3.63, 3.8) is 0 Å². The quantitative estimate of drug-likeness (QED) is 0.642. The summed E-state index contributed by atoms with van der Waals surface area (Å²) in [5.41, 5.74) is 0.847. The van der Waals surface area contributed by atoms with Gasteiger partial charge in [0.15, 0.2) is 4.34 Å². The van der Waals surface area contributed by atoms with E-state index in [9.17, 15) is 4.79 Å². The SMILES string of the molecule is CCOc1ccccc1Nc1nnc(SC(C)C(=O)NCC(C)C)s1. The van der Waals surface area contributed by atoms with E-state index in [0.717, 1.165) is 15.8 Å². The summed E-state index contributed by atoms with van der Waals surface area (Å²) in [6.45, 7) is 9.24. The highest BCUT2D eigenvalue weighted by Crippen LogP contribution is 2.33. The van der Waals surface area contributed by atoms with Crippen molar-refractivity contribution in [2.45, 2.75) is 37.3 Å². The Morgan fingerprint density at radius 3 is 2.76 bits per heavy atom. The van der Waals surface area contributed by atoms with E-state index < -0.39 is 0 Å². The van der Waals surface area contributed by atoms with Crippen LogP contribution in [0, 0.1) is 5.92 Å². The first kappa shape index (κ1) is 19.5. The third-order valence-corrected chi connectivity index (χ3v) is 5.19. The predicted octanol–water partition coefficient (Wildman–Crippen LogP) is 3.93. The maximum absolute atomic E-state index is 12.1. The Balaban J connectivity index is 1.95. The van der Waals surface area contributed by atoms with Gasteiger partial charge < -0.3 is 15.4 Å². The molecule has 1 aromatic heterocycles. The van der Waals surface area contributed by atoms with Gasteiger partial charge in [-0.25, -0.2) is 0 Å². The molecule has 8 heteroatoms. The molecule has 0 saturated carbocycles. The number of para-hydroxylation sites is 2. The topological polar surface area (TPSA) is 76.1 Å². The molecule has 0 bridgehead atoms. The average molecular weight is 381 g/mol. The first-order valence-corrected chi connectivity index (χ1v) is 9.96. The Labute approximate surface area is 156 Å². The van der Waals surface area contributed by atoms with Gasteiger partial charge in [0.2, 0.25) is 11.0 Å². The first-order chi connectivity index (χ1) is 12.0. The van der Waals surface area contributed by atoms with Crippen molar-refractivity contribution < 1.29 is 9.53 Å². The van der Waals surface area contributed by atoms with Crippen molar-refractivity contribution in [2.75, 3.05) is 18.5 Å². The molecule has 2 N–H and O–H groups in total. The second kappa shape index (κ2) is 9.62. The van der Waals surface area contributed by atoms with Gasteiger partial charge in [-0.3, -0.25) is 4.79 Å². The lowest BCUT2D eigenvalue weighted by molar-refractivity contribution is -0.120. The molecule has 6 nitrogen and oxygen atoms in total. The van der Waals surface area contributed by atoms with Crippen LogP contribution in [0.4, 0.5) is 10.8 Å². The van der Waals surface area contributed by atoms with Gasteiger partial charge in [-0.2, -0.15) is 0 Å². The molecule has 2 aromatic rings. The summed E-state index contributed by atoms with van der Waals surface area (Å²) < 4.78 is 6.35. The molecular formula is C17H24N4O2S2. The van der Waals surface area contributed by atoms with Crippen LogP contribution in [0.3, 0.4) is 0 Å². The number of anilines is 2. The van der Waals surface area contributed by atoms with E-state index in [1.807, 2.05) is 38.1 Å². The average Bonchev–Trinajstić information content (AvgIpc) is 3.01. The van der Waals surface area contributed by atoms with E-state index in [4.69, 9.17) is 4.74 Å². The molecule has 0 aliphatic rings. The highest BCUT2D eigenvalue weighted by Gasteiger charge is 2.17. The van der Waals surface area contributed by atoms with Crippen LogP contribution in [0.25, 0.3) is 0 Å². The maximum Gasteiger partial charge on any atom is 0.233 e. The van der Waals surface area contributed by atoms with Crippen LogP contribution in [-0.4, -0.2) is 34.5 Å². The number of ether oxygens (including phenoxy) is 1. The number of nitrogens with one attached hydrogen (secondary N) is 2. The smallest absolute Gasteiger partial charge is 0.233 e. The fourth-order valence-electron chi connectivity index (χ4n) is 1.93. The standard InChI is InChI=1S/C17H24N4O2S2/c1-5-23-14-9-7-6-8-13(14)19-16-20-21-17(25-16)24-12(4)15(22)18-10-11(2)3/h6-9,11-12H,5,10H2,1-4H3,(H,18,22)(H,19,20). The summed E-state index contributed by atoms with van der Waals surface area (Å²) in [4.78, 5) is 12.1. The lowest BCUT2D eigenvalue weighted by Crippen LogP contribution is -2.33. The molecule has 0 aliphatic carbocycles. The van der Waals surface area contributed by atoms with Crippen LogP contribution in [0.1, 0.15) is 27.7 Å². The van der Waals surface area contributed by atoms with E-state index in [1.54, 1.807) is 0 Å². The summed E-state index contributed by atoms with van der Waals surface area (Å²) in [5.74, 6) is 1.23. The number of nitrogens with zero attached hydrogens (tertiary/aromatic N) is 2. The molecule has 1 amide bonds. The van der Waals surface area contributed by atoms with E-state index in [2.05, 4.69) is 34.7 Å². The molecule has 1 unspecified atom stereocenters. The molecule has 0 saturated heterocycles. The molecule has 1 atom stereocenters. The number of aromatic nitrogens is 2. The molecule has 0 radical (unpaired) electrons. The van der Waals surface area contributed by atoms with Crippen LogP contribution < -0.4 is 15.4 Å². The summed E-state index contributed by atoms with van der Waals surface area (Å²) in [7, 11) is 0. The Morgan fingerprint density at radius 1 is 1.28 bits per heavy atom. The van der Waals surface area contributed by atoms with Crippen molar-refractivity contribution in [1.82, 2.24) is 15.5 Å². The van der Waals surface area contributed by atoms with Crippen LogP contribution in [-0.2, 0) is 4.79 Å². The minimum atomic E-state index is -0.213. The fourth-order valence-corrected chi connectivity index (χ4v) is 3.86. The third-order valence-electron chi connectivity index (χ3n) is 3.17. The largest absolute Gasteiger partial charge is 0.492 e.